The number of nitrogens with one attached hydrogen (secondary N) is 2. The summed E-state index contributed by atoms with van der Waals surface area (Å²) in [6.45, 7) is 9.13. The lowest BCUT2D eigenvalue weighted by Crippen LogP contribution is -3.13. The van der Waals surface area contributed by atoms with E-state index in [1.54, 1.807) is 6.07 Å². The van der Waals surface area contributed by atoms with E-state index in [-0.39, 0.29) is 5.63 Å². The van der Waals surface area contributed by atoms with Gasteiger partial charge in [0.05, 0.1) is 6.20 Å². The summed E-state index contributed by atoms with van der Waals surface area (Å²) < 4.78 is 5.43. The number of piperazine rings is 1. The second-order valence-corrected chi connectivity index (χ2v) is 7.18. The van der Waals surface area contributed by atoms with Crippen LogP contribution in [0, 0.1) is 13.8 Å². The minimum atomic E-state index is -0.257. The van der Waals surface area contributed by atoms with Crippen molar-refractivity contribution in [1.29, 1.82) is 0 Å². The van der Waals surface area contributed by atoms with Gasteiger partial charge in [-0.2, -0.15) is 0 Å². The number of quaternary nitrogens is 1. The minimum absolute atomic E-state index is 0.257. The summed E-state index contributed by atoms with van der Waals surface area (Å²) in [5.41, 5.74) is 3.92. The van der Waals surface area contributed by atoms with Gasteiger partial charge in [-0.25, -0.2) is 9.78 Å². The van der Waals surface area contributed by atoms with Crippen molar-refractivity contribution < 1.29 is 14.3 Å². The Morgan fingerprint density at radius 1 is 1.12 bits per heavy atom. The topological polar surface area (TPSA) is 52.0 Å². The highest BCUT2D eigenvalue weighted by molar-refractivity contribution is 5.81. The first kappa shape index (κ1) is 16.8. The van der Waals surface area contributed by atoms with Crippen molar-refractivity contribution in [3.8, 4) is 0 Å². The highest BCUT2D eigenvalue weighted by Gasteiger charge is 2.26. The van der Waals surface area contributed by atoms with Crippen molar-refractivity contribution in [2.24, 2.45) is 0 Å². The molecule has 1 aliphatic heterocycles. The summed E-state index contributed by atoms with van der Waals surface area (Å²) in [6.07, 6.45) is 1.97. The Hall–Kier alpha value is -2.66. The van der Waals surface area contributed by atoms with Crippen LogP contribution in [0.2, 0.25) is 0 Å². The quantitative estimate of drug-likeness (QED) is 0.720. The smallest absolute Gasteiger partial charge is 0.336 e. The third kappa shape index (κ3) is 3.35. The molecule has 0 saturated carbocycles. The Morgan fingerprint density at radius 3 is 2.62 bits per heavy atom. The van der Waals surface area contributed by atoms with Crippen LogP contribution in [0.4, 0.5) is 5.82 Å². The van der Waals surface area contributed by atoms with Crippen LogP contribution < -0.4 is 20.4 Å². The number of aromatic nitrogens is 1. The fraction of sp³-hybridized carbons (Fsp3) is 0.333. The lowest BCUT2D eigenvalue weighted by atomic mass is 10.0. The van der Waals surface area contributed by atoms with Gasteiger partial charge < -0.3 is 9.32 Å². The van der Waals surface area contributed by atoms with Gasteiger partial charge in [-0.3, -0.25) is 4.90 Å². The van der Waals surface area contributed by atoms with E-state index in [4.69, 9.17) is 4.42 Å². The maximum atomic E-state index is 12.0. The van der Waals surface area contributed by atoms with E-state index in [0.29, 0.717) is 5.58 Å². The highest BCUT2D eigenvalue weighted by atomic mass is 16.4. The molecular formula is C21H25N3O2+2. The van der Waals surface area contributed by atoms with Crippen LogP contribution in [0.5, 0.6) is 0 Å². The molecule has 2 N–H and O–H groups in total. The van der Waals surface area contributed by atoms with Crippen molar-refractivity contribution in [3.63, 3.8) is 0 Å². The van der Waals surface area contributed by atoms with Crippen LogP contribution in [-0.2, 0) is 6.54 Å². The molecular weight excluding hydrogens is 326 g/mol. The SMILES string of the molecule is Cc1cc2oc(=O)cc(C[NH+]3CCN(c4cccc[nH+]4)CC3)c2cc1C. The van der Waals surface area contributed by atoms with E-state index in [1.165, 1.54) is 16.3 Å². The minimum Gasteiger partial charge on any atom is -0.423 e. The van der Waals surface area contributed by atoms with Crippen molar-refractivity contribution in [3.05, 3.63) is 69.7 Å². The lowest BCUT2D eigenvalue weighted by molar-refractivity contribution is -0.914. The molecule has 0 amide bonds. The first-order chi connectivity index (χ1) is 12.6. The number of aryl methyl sites for hydroxylation is 2. The Labute approximate surface area is 152 Å². The number of aromatic amines is 1. The maximum absolute atomic E-state index is 12.0. The van der Waals surface area contributed by atoms with Gasteiger partial charge in [0.15, 0.2) is 0 Å². The van der Waals surface area contributed by atoms with Crippen molar-refractivity contribution >= 4 is 16.8 Å². The molecule has 1 aromatic carbocycles. The van der Waals surface area contributed by atoms with Gasteiger partial charge >= 0.3 is 5.63 Å². The summed E-state index contributed by atoms with van der Waals surface area (Å²) >= 11 is 0. The fourth-order valence-corrected chi connectivity index (χ4v) is 3.72. The monoisotopic (exact) mass is 351 g/mol. The van der Waals surface area contributed by atoms with Crippen LogP contribution in [0.25, 0.3) is 11.0 Å². The van der Waals surface area contributed by atoms with Gasteiger partial charge in [-0.05, 0) is 43.2 Å². The lowest BCUT2D eigenvalue weighted by Gasteiger charge is -2.28. The number of rotatable bonds is 3. The molecule has 1 fully saturated rings. The van der Waals surface area contributed by atoms with Crippen LogP contribution in [-0.4, -0.2) is 26.2 Å². The molecule has 0 aliphatic carbocycles. The van der Waals surface area contributed by atoms with Crippen molar-refractivity contribution in [2.45, 2.75) is 20.4 Å². The Kier molecular flexibility index (Phi) is 4.47. The Morgan fingerprint density at radius 2 is 1.88 bits per heavy atom. The third-order valence-electron chi connectivity index (χ3n) is 5.39. The van der Waals surface area contributed by atoms with Gasteiger partial charge in [-0.1, -0.05) is 6.07 Å². The molecule has 0 spiro atoms. The molecule has 0 bridgehead atoms. The van der Waals surface area contributed by atoms with E-state index < -0.39 is 0 Å². The van der Waals surface area contributed by atoms with Crippen LogP contribution >= 0.6 is 0 Å². The summed E-state index contributed by atoms with van der Waals surface area (Å²) in [7, 11) is 0. The molecule has 1 aliphatic rings. The molecule has 4 rings (SSSR count). The molecule has 26 heavy (non-hydrogen) atoms. The third-order valence-corrected chi connectivity index (χ3v) is 5.39. The van der Waals surface area contributed by atoms with E-state index in [2.05, 4.69) is 35.0 Å². The average molecular weight is 351 g/mol. The molecule has 2 aromatic heterocycles. The van der Waals surface area contributed by atoms with Gasteiger partial charge in [0, 0.05) is 23.1 Å². The fourth-order valence-electron chi connectivity index (χ4n) is 3.72. The van der Waals surface area contributed by atoms with Crippen LogP contribution in [0.15, 0.2) is 51.8 Å². The number of pyridine rings is 1. The van der Waals surface area contributed by atoms with Crippen LogP contribution in [0.1, 0.15) is 16.7 Å². The van der Waals surface area contributed by atoms with Crippen molar-refractivity contribution in [1.82, 2.24) is 0 Å². The predicted octanol–water partition coefficient (Wildman–Crippen LogP) is 1.13. The summed E-state index contributed by atoms with van der Waals surface area (Å²) in [4.78, 5) is 19.2. The number of hydrogen-bond donors (Lipinski definition) is 1. The summed E-state index contributed by atoms with van der Waals surface area (Å²) in [6, 6.07) is 12.0. The molecule has 1 saturated heterocycles. The molecule has 3 aromatic rings. The zero-order valence-corrected chi connectivity index (χ0v) is 15.3. The standard InChI is InChI=1S/C21H23N3O2/c1-15-11-18-17(13-21(25)26-19(18)12-16(15)2)14-23-7-9-24(10-8-23)20-5-3-4-6-22-20/h3-6,11-13H,7-10,14H2,1-2H3/p+2. The number of hydrogen-bond acceptors (Lipinski definition) is 3. The number of H-pyrrole nitrogens is 1. The number of anilines is 1. The second kappa shape index (κ2) is 6.92. The summed E-state index contributed by atoms with van der Waals surface area (Å²) in [5, 5.41) is 1.07. The molecule has 134 valence electrons. The molecule has 0 atom stereocenters. The largest absolute Gasteiger partial charge is 0.423 e. The predicted molar refractivity (Wildman–Crippen MR) is 102 cm³/mol. The molecule has 5 nitrogen and oxygen atoms in total. The normalized spacial score (nSPS) is 15.5. The van der Waals surface area contributed by atoms with E-state index in [9.17, 15) is 4.79 Å². The van der Waals surface area contributed by atoms with Gasteiger partial charge in [0.2, 0.25) is 0 Å². The first-order valence-electron chi connectivity index (χ1n) is 9.19. The average Bonchev–Trinajstić information content (AvgIpc) is 2.65. The Bertz CT molecular complexity index is 974. The molecule has 5 heteroatoms. The van der Waals surface area contributed by atoms with Gasteiger partial charge in [0.25, 0.3) is 5.82 Å². The van der Waals surface area contributed by atoms with Gasteiger partial charge in [-0.15, -0.1) is 0 Å². The first-order valence-corrected chi connectivity index (χ1v) is 9.19. The maximum Gasteiger partial charge on any atom is 0.336 e. The number of fused-ring (bicyclic) bond motifs is 1. The van der Waals surface area contributed by atoms with E-state index in [1.807, 2.05) is 25.3 Å². The van der Waals surface area contributed by atoms with Gasteiger partial charge in [0.1, 0.15) is 38.3 Å². The molecule has 0 unspecified atom stereocenters. The molecule has 0 radical (unpaired) electrons. The number of nitrogens with zero attached hydrogens (tertiary/aromatic N) is 1. The Balaban J connectivity index is 1.53. The van der Waals surface area contributed by atoms with Crippen molar-refractivity contribution in [2.75, 3.05) is 31.1 Å². The molecule has 3 heterocycles. The zero-order valence-electron chi connectivity index (χ0n) is 15.3. The summed E-state index contributed by atoms with van der Waals surface area (Å²) in [5.74, 6) is 1.17. The highest BCUT2D eigenvalue weighted by Crippen LogP contribution is 2.21. The second-order valence-electron chi connectivity index (χ2n) is 7.18. The zero-order chi connectivity index (χ0) is 18.1. The van der Waals surface area contributed by atoms with E-state index in [0.717, 1.165) is 49.2 Å². The van der Waals surface area contributed by atoms with Crippen LogP contribution in [0.3, 0.4) is 0 Å². The van der Waals surface area contributed by atoms with E-state index >= 15 is 0 Å². The number of benzene rings is 1.